The fraction of sp³-hybridized carbons (Fsp3) is 0.818. The molecule has 2 atom stereocenters. The highest BCUT2D eigenvalue weighted by molar-refractivity contribution is 5.81. The highest BCUT2D eigenvalue weighted by Crippen LogP contribution is 2.09. The fourth-order valence-corrected chi connectivity index (χ4v) is 1.10. The molecule has 0 heterocycles. The number of carbonyl (C=O) groups is 2. The molecule has 0 unspecified atom stereocenters. The van der Waals surface area contributed by atoms with Gasteiger partial charge < -0.3 is 19.9 Å². The van der Waals surface area contributed by atoms with Gasteiger partial charge in [0, 0.05) is 12.5 Å². The minimum absolute atomic E-state index is 0.241. The smallest absolute Gasteiger partial charge is 0.408 e. The van der Waals surface area contributed by atoms with Gasteiger partial charge in [-0.05, 0) is 20.8 Å². The van der Waals surface area contributed by atoms with E-state index in [0.29, 0.717) is 0 Å². The summed E-state index contributed by atoms with van der Waals surface area (Å²) in [6.07, 6.45) is -0.715. The van der Waals surface area contributed by atoms with Crippen LogP contribution < -0.4 is 5.32 Å². The summed E-state index contributed by atoms with van der Waals surface area (Å²) in [6.45, 7) is 6.54. The van der Waals surface area contributed by atoms with Gasteiger partial charge in [0.1, 0.15) is 11.6 Å². The van der Waals surface area contributed by atoms with Gasteiger partial charge in [0.2, 0.25) is 0 Å². The second kappa shape index (κ2) is 6.44. The molecule has 6 heteroatoms. The molecule has 0 aliphatic carbocycles. The quantitative estimate of drug-likeness (QED) is 0.714. The zero-order chi connectivity index (χ0) is 13.6. The highest BCUT2D eigenvalue weighted by Gasteiger charge is 2.29. The molecule has 0 bridgehead atoms. The van der Waals surface area contributed by atoms with E-state index >= 15 is 0 Å². The van der Waals surface area contributed by atoms with Crippen LogP contribution in [0.3, 0.4) is 0 Å². The minimum atomic E-state index is -0.917. The Kier molecular flexibility index (Phi) is 5.95. The predicted molar refractivity (Wildman–Crippen MR) is 61.4 cm³/mol. The van der Waals surface area contributed by atoms with E-state index in [1.165, 1.54) is 7.11 Å². The molecule has 0 aromatic rings. The van der Waals surface area contributed by atoms with Gasteiger partial charge in [0.05, 0.1) is 7.11 Å². The average Bonchev–Trinajstić information content (AvgIpc) is 2.21. The Morgan fingerprint density at radius 1 is 1.35 bits per heavy atom. The molecular weight excluding hydrogens is 226 g/mol. The van der Waals surface area contributed by atoms with Gasteiger partial charge >= 0.3 is 12.1 Å². The summed E-state index contributed by atoms with van der Waals surface area (Å²) in [7, 11) is 1.22. The van der Waals surface area contributed by atoms with Crippen LogP contribution in [-0.4, -0.2) is 42.5 Å². The molecule has 0 fully saturated rings. The van der Waals surface area contributed by atoms with Crippen molar-refractivity contribution in [2.45, 2.75) is 39.3 Å². The van der Waals surface area contributed by atoms with Crippen molar-refractivity contribution in [3.05, 3.63) is 0 Å². The normalized spacial score (nSPS) is 14.7. The first-order valence-corrected chi connectivity index (χ1v) is 5.39. The average molecular weight is 247 g/mol. The predicted octanol–water partition coefficient (Wildman–Crippen LogP) is 0.681. The first kappa shape index (κ1) is 15.7. The maximum absolute atomic E-state index is 11.5. The van der Waals surface area contributed by atoms with E-state index in [1.807, 2.05) is 0 Å². The summed E-state index contributed by atoms with van der Waals surface area (Å²) in [5, 5.41) is 11.4. The molecule has 0 aromatic carbocycles. The maximum atomic E-state index is 11.5. The number of alkyl carbamates (subject to hydrolysis) is 1. The summed E-state index contributed by atoms with van der Waals surface area (Å²) in [4.78, 5) is 22.9. The number of esters is 1. The number of nitrogens with one attached hydrogen (secondary N) is 1. The Morgan fingerprint density at radius 2 is 1.88 bits per heavy atom. The van der Waals surface area contributed by atoms with Crippen molar-refractivity contribution in [1.82, 2.24) is 5.32 Å². The van der Waals surface area contributed by atoms with Crippen LogP contribution in [0.4, 0.5) is 4.79 Å². The van der Waals surface area contributed by atoms with Crippen LogP contribution in [0.15, 0.2) is 0 Å². The van der Waals surface area contributed by atoms with E-state index in [-0.39, 0.29) is 6.61 Å². The molecule has 0 saturated carbocycles. The van der Waals surface area contributed by atoms with E-state index in [9.17, 15) is 9.59 Å². The second-order valence-corrected chi connectivity index (χ2v) is 4.81. The summed E-state index contributed by atoms with van der Waals surface area (Å²) >= 11 is 0. The van der Waals surface area contributed by atoms with Crippen molar-refractivity contribution >= 4 is 12.1 Å². The standard InChI is InChI=1S/C11H21NO5/c1-7(6-13)8(9(14)16-5)12-10(15)17-11(2,3)4/h7-8,13H,6H2,1-5H3,(H,12,15)/t7-,8-/m1/s1. The Bertz CT molecular complexity index is 272. The van der Waals surface area contributed by atoms with Gasteiger partial charge in [-0.1, -0.05) is 6.92 Å². The number of amides is 1. The summed E-state index contributed by atoms with van der Waals surface area (Å²) < 4.78 is 9.56. The van der Waals surface area contributed by atoms with Gasteiger partial charge in [0.15, 0.2) is 0 Å². The molecule has 0 spiro atoms. The van der Waals surface area contributed by atoms with Crippen LogP contribution in [0.1, 0.15) is 27.7 Å². The molecule has 0 saturated heterocycles. The SMILES string of the molecule is COC(=O)[C@H](NC(=O)OC(C)(C)C)[C@H](C)CO. The summed E-state index contributed by atoms with van der Waals surface area (Å²) in [5.41, 5.74) is -0.646. The topological polar surface area (TPSA) is 84.9 Å². The van der Waals surface area contributed by atoms with Crippen molar-refractivity contribution in [3.8, 4) is 0 Å². The second-order valence-electron chi connectivity index (χ2n) is 4.81. The molecule has 100 valence electrons. The van der Waals surface area contributed by atoms with E-state index in [0.717, 1.165) is 0 Å². The van der Waals surface area contributed by atoms with Crippen molar-refractivity contribution in [2.24, 2.45) is 5.92 Å². The Labute approximate surface area is 101 Å². The van der Waals surface area contributed by atoms with Crippen molar-refractivity contribution < 1.29 is 24.2 Å². The molecule has 1 amide bonds. The number of ether oxygens (including phenoxy) is 2. The lowest BCUT2D eigenvalue weighted by Gasteiger charge is -2.24. The molecule has 0 aliphatic rings. The van der Waals surface area contributed by atoms with Crippen molar-refractivity contribution in [1.29, 1.82) is 0 Å². The number of rotatable bonds is 4. The molecule has 0 aromatic heterocycles. The number of aliphatic hydroxyl groups is 1. The third-order valence-electron chi connectivity index (χ3n) is 1.98. The molecule has 0 radical (unpaired) electrons. The number of hydrogen-bond donors (Lipinski definition) is 2. The third-order valence-corrected chi connectivity index (χ3v) is 1.98. The Balaban J connectivity index is 4.54. The first-order valence-electron chi connectivity index (χ1n) is 5.39. The fourth-order valence-electron chi connectivity index (χ4n) is 1.10. The van der Waals surface area contributed by atoms with E-state index in [1.54, 1.807) is 27.7 Å². The number of carbonyl (C=O) groups excluding carboxylic acids is 2. The maximum Gasteiger partial charge on any atom is 0.408 e. The van der Waals surface area contributed by atoms with Crippen molar-refractivity contribution in [2.75, 3.05) is 13.7 Å². The molecular formula is C11H21NO5. The van der Waals surface area contributed by atoms with Crippen LogP contribution in [-0.2, 0) is 14.3 Å². The van der Waals surface area contributed by atoms with Crippen LogP contribution in [0, 0.1) is 5.92 Å². The lowest BCUT2D eigenvalue weighted by molar-refractivity contribution is -0.144. The molecule has 17 heavy (non-hydrogen) atoms. The van der Waals surface area contributed by atoms with Crippen molar-refractivity contribution in [3.63, 3.8) is 0 Å². The molecule has 0 aliphatic heterocycles. The number of aliphatic hydroxyl groups excluding tert-OH is 1. The van der Waals surface area contributed by atoms with Gasteiger partial charge in [-0.25, -0.2) is 9.59 Å². The molecule has 2 N–H and O–H groups in total. The van der Waals surface area contributed by atoms with E-state index in [4.69, 9.17) is 9.84 Å². The zero-order valence-electron chi connectivity index (χ0n) is 10.9. The highest BCUT2D eigenvalue weighted by atomic mass is 16.6. The number of hydrogen-bond acceptors (Lipinski definition) is 5. The monoisotopic (exact) mass is 247 g/mol. The third kappa shape index (κ3) is 6.11. The zero-order valence-corrected chi connectivity index (χ0v) is 10.9. The van der Waals surface area contributed by atoms with Crippen LogP contribution in [0.5, 0.6) is 0 Å². The van der Waals surface area contributed by atoms with Gasteiger partial charge in [-0.2, -0.15) is 0 Å². The molecule has 6 nitrogen and oxygen atoms in total. The lowest BCUT2D eigenvalue weighted by atomic mass is 10.0. The van der Waals surface area contributed by atoms with Crippen LogP contribution in [0.2, 0.25) is 0 Å². The number of methoxy groups -OCH3 is 1. The lowest BCUT2D eigenvalue weighted by Crippen LogP contribution is -2.48. The van der Waals surface area contributed by atoms with Crippen LogP contribution >= 0.6 is 0 Å². The van der Waals surface area contributed by atoms with E-state index < -0.39 is 29.6 Å². The largest absolute Gasteiger partial charge is 0.467 e. The van der Waals surface area contributed by atoms with Crippen LogP contribution in [0.25, 0.3) is 0 Å². The Hall–Kier alpha value is -1.30. The van der Waals surface area contributed by atoms with Gasteiger partial charge in [0.25, 0.3) is 0 Å². The molecule has 0 rings (SSSR count). The Morgan fingerprint density at radius 3 is 2.24 bits per heavy atom. The summed E-state index contributed by atoms with van der Waals surface area (Å²) in [5.74, 6) is -1.06. The first-order chi connectivity index (χ1) is 7.71. The minimum Gasteiger partial charge on any atom is -0.467 e. The van der Waals surface area contributed by atoms with Gasteiger partial charge in [-0.15, -0.1) is 0 Å². The van der Waals surface area contributed by atoms with E-state index in [2.05, 4.69) is 10.1 Å². The summed E-state index contributed by atoms with van der Waals surface area (Å²) in [6, 6.07) is -0.917. The van der Waals surface area contributed by atoms with Gasteiger partial charge in [-0.3, -0.25) is 0 Å².